The van der Waals surface area contributed by atoms with Crippen LogP contribution in [0.15, 0.2) is 0 Å². The van der Waals surface area contributed by atoms with E-state index in [0.29, 0.717) is 12.3 Å². The normalized spacial score (nSPS) is 15.9. The summed E-state index contributed by atoms with van der Waals surface area (Å²) in [6.45, 7) is 6.39. The van der Waals surface area contributed by atoms with Crippen LogP contribution in [0.3, 0.4) is 0 Å². The first-order valence-corrected chi connectivity index (χ1v) is 6.01. The van der Waals surface area contributed by atoms with Crippen LogP contribution in [0.2, 0.25) is 0 Å². The molecule has 0 saturated carbocycles. The van der Waals surface area contributed by atoms with Crippen molar-refractivity contribution in [2.75, 3.05) is 0 Å². The number of aliphatic hydroxyl groups excluding tert-OH is 2. The van der Waals surface area contributed by atoms with Gasteiger partial charge in [0.1, 0.15) is 0 Å². The Kier molecular flexibility index (Phi) is 8.20. The van der Waals surface area contributed by atoms with E-state index < -0.39 is 12.2 Å². The van der Waals surface area contributed by atoms with Gasteiger partial charge in [-0.05, 0) is 25.2 Å². The fourth-order valence-electron chi connectivity index (χ4n) is 1.78. The summed E-state index contributed by atoms with van der Waals surface area (Å²) in [7, 11) is 0. The van der Waals surface area contributed by atoms with Gasteiger partial charge in [-0.2, -0.15) is 0 Å². The van der Waals surface area contributed by atoms with Crippen LogP contribution in [0.25, 0.3) is 0 Å². The molecule has 0 bridgehead atoms. The topological polar surface area (TPSA) is 40.5 Å². The molecule has 2 heteroatoms. The van der Waals surface area contributed by atoms with E-state index in [1.165, 1.54) is 12.8 Å². The Bertz CT molecular complexity index is 121. The maximum atomic E-state index is 9.64. The zero-order chi connectivity index (χ0) is 11.0. The third-order valence-corrected chi connectivity index (χ3v) is 3.05. The van der Waals surface area contributed by atoms with Gasteiger partial charge >= 0.3 is 0 Å². The van der Waals surface area contributed by atoms with Crippen molar-refractivity contribution >= 4 is 0 Å². The van der Waals surface area contributed by atoms with E-state index >= 15 is 0 Å². The van der Waals surface area contributed by atoms with E-state index in [4.69, 9.17) is 0 Å². The minimum Gasteiger partial charge on any atom is -0.390 e. The predicted octanol–water partition coefficient (Wildman–Crippen LogP) is 2.72. The van der Waals surface area contributed by atoms with E-state index in [1.807, 2.05) is 6.92 Å². The molecule has 2 atom stereocenters. The van der Waals surface area contributed by atoms with Crippen molar-refractivity contribution in [2.24, 2.45) is 5.92 Å². The van der Waals surface area contributed by atoms with Gasteiger partial charge in [0, 0.05) is 0 Å². The first-order valence-electron chi connectivity index (χ1n) is 6.01. The van der Waals surface area contributed by atoms with Crippen molar-refractivity contribution in [1.82, 2.24) is 0 Å². The number of rotatable bonds is 8. The van der Waals surface area contributed by atoms with Gasteiger partial charge in [-0.1, -0.05) is 40.0 Å². The fourth-order valence-corrected chi connectivity index (χ4v) is 1.78. The minimum absolute atomic E-state index is 0.518. The van der Waals surface area contributed by atoms with E-state index in [-0.39, 0.29) is 0 Å². The van der Waals surface area contributed by atoms with Crippen LogP contribution in [0.5, 0.6) is 0 Å². The van der Waals surface area contributed by atoms with Gasteiger partial charge < -0.3 is 10.2 Å². The highest BCUT2D eigenvalue weighted by Gasteiger charge is 2.16. The molecule has 2 N–H and O–H groups in total. The van der Waals surface area contributed by atoms with Gasteiger partial charge in [-0.3, -0.25) is 0 Å². The monoisotopic (exact) mass is 202 g/mol. The van der Waals surface area contributed by atoms with Crippen LogP contribution in [-0.2, 0) is 0 Å². The molecular weight excluding hydrogens is 176 g/mol. The Morgan fingerprint density at radius 3 is 1.71 bits per heavy atom. The lowest BCUT2D eigenvalue weighted by Crippen LogP contribution is -2.26. The van der Waals surface area contributed by atoms with Crippen LogP contribution >= 0.6 is 0 Å². The molecule has 0 fully saturated rings. The van der Waals surface area contributed by atoms with E-state index in [1.54, 1.807) is 0 Å². The average molecular weight is 202 g/mol. The molecule has 0 aromatic heterocycles. The van der Waals surface area contributed by atoms with Crippen LogP contribution < -0.4 is 0 Å². The van der Waals surface area contributed by atoms with Crippen molar-refractivity contribution in [1.29, 1.82) is 0 Å². The van der Waals surface area contributed by atoms with E-state index in [9.17, 15) is 10.2 Å². The molecule has 0 rings (SSSR count). The van der Waals surface area contributed by atoms with Crippen LogP contribution in [-0.4, -0.2) is 22.4 Å². The summed E-state index contributed by atoms with van der Waals surface area (Å²) < 4.78 is 0. The summed E-state index contributed by atoms with van der Waals surface area (Å²) in [4.78, 5) is 0. The average Bonchev–Trinajstić information content (AvgIpc) is 2.19. The smallest absolute Gasteiger partial charge is 0.0799 e. The molecule has 86 valence electrons. The molecular formula is C12H26O2. The molecule has 0 spiro atoms. The summed E-state index contributed by atoms with van der Waals surface area (Å²) in [5, 5.41) is 19.2. The molecule has 0 saturated heterocycles. The lowest BCUT2D eigenvalue weighted by Gasteiger charge is -2.19. The van der Waals surface area contributed by atoms with Crippen LogP contribution in [0.4, 0.5) is 0 Å². The van der Waals surface area contributed by atoms with Gasteiger partial charge in [-0.15, -0.1) is 0 Å². The summed E-state index contributed by atoms with van der Waals surface area (Å²) in [5.41, 5.74) is 0. The standard InChI is InChI=1S/C12H26O2/c1-4-7-11(13)12(14)9-8-10(5-2)6-3/h10-14H,4-9H2,1-3H3. The van der Waals surface area contributed by atoms with Crippen molar-refractivity contribution < 1.29 is 10.2 Å². The van der Waals surface area contributed by atoms with E-state index in [2.05, 4.69) is 13.8 Å². The second-order valence-electron chi connectivity index (χ2n) is 4.18. The quantitative estimate of drug-likeness (QED) is 0.635. The third kappa shape index (κ3) is 5.61. The highest BCUT2D eigenvalue weighted by molar-refractivity contribution is 4.68. The van der Waals surface area contributed by atoms with Crippen LogP contribution in [0, 0.1) is 5.92 Å². The lowest BCUT2D eigenvalue weighted by molar-refractivity contribution is 0.00594. The molecule has 2 nitrogen and oxygen atoms in total. The molecule has 0 aromatic carbocycles. The Hall–Kier alpha value is -0.0800. The minimum atomic E-state index is -0.519. The Balaban J connectivity index is 3.65. The highest BCUT2D eigenvalue weighted by Crippen LogP contribution is 2.18. The molecule has 0 radical (unpaired) electrons. The Morgan fingerprint density at radius 1 is 0.786 bits per heavy atom. The second-order valence-corrected chi connectivity index (χ2v) is 4.18. The molecule has 0 aromatic rings. The molecule has 0 aliphatic rings. The number of hydrogen-bond acceptors (Lipinski definition) is 2. The van der Waals surface area contributed by atoms with Gasteiger partial charge in [0.2, 0.25) is 0 Å². The molecule has 14 heavy (non-hydrogen) atoms. The summed E-state index contributed by atoms with van der Waals surface area (Å²) in [6, 6.07) is 0. The Labute approximate surface area is 88.3 Å². The van der Waals surface area contributed by atoms with Gasteiger partial charge in [0.25, 0.3) is 0 Å². The van der Waals surface area contributed by atoms with Crippen molar-refractivity contribution in [3.8, 4) is 0 Å². The zero-order valence-electron chi connectivity index (χ0n) is 9.87. The Morgan fingerprint density at radius 2 is 1.29 bits per heavy atom. The summed E-state index contributed by atoms with van der Waals surface area (Å²) >= 11 is 0. The third-order valence-electron chi connectivity index (χ3n) is 3.05. The first kappa shape index (κ1) is 13.9. The van der Waals surface area contributed by atoms with Gasteiger partial charge in [-0.25, -0.2) is 0 Å². The largest absolute Gasteiger partial charge is 0.390 e. The fraction of sp³-hybridized carbons (Fsp3) is 1.00. The highest BCUT2D eigenvalue weighted by atomic mass is 16.3. The number of aliphatic hydroxyl groups is 2. The summed E-state index contributed by atoms with van der Waals surface area (Å²) in [5.74, 6) is 0.707. The molecule has 0 amide bonds. The van der Waals surface area contributed by atoms with Crippen molar-refractivity contribution in [3.05, 3.63) is 0 Å². The zero-order valence-corrected chi connectivity index (χ0v) is 9.87. The van der Waals surface area contributed by atoms with E-state index in [0.717, 1.165) is 19.3 Å². The first-order chi connectivity index (χ1) is 6.65. The lowest BCUT2D eigenvalue weighted by atomic mass is 9.94. The molecule has 0 aliphatic carbocycles. The molecule has 0 heterocycles. The SMILES string of the molecule is CCCC(O)C(O)CCC(CC)CC. The summed E-state index contributed by atoms with van der Waals surface area (Å²) in [6.07, 6.45) is 4.74. The number of hydrogen-bond donors (Lipinski definition) is 2. The maximum absolute atomic E-state index is 9.64. The van der Waals surface area contributed by atoms with Crippen molar-refractivity contribution in [3.63, 3.8) is 0 Å². The predicted molar refractivity (Wildman–Crippen MR) is 60.2 cm³/mol. The van der Waals surface area contributed by atoms with Crippen LogP contribution in [0.1, 0.15) is 59.3 Å². The van der Waals surface area contributed by atoms with Crippen molar-refractivity contribution in [2.45, 2.75) is 71.5 Å². The second kappa shape index (κ2) is 8.25. The van der Waals surface area contributed by atoms with Gasteiger partial charge in [0.15, 0.2) is 0 Å². The molecule has 0 aliphatic heterocycles. The molecule has 2 unspecified atom stereocenters. The maximum Gasteiger partial charge on any atom is 0.0799 e. The van der Waals surface area contributed by atoms with Gasteiger partial charge in [0.05, 0.1) is 12.2 Å².